The maximum atomic E-state index is 15.1. The molecule has 1 aliphatic rings. The molecule has 186 valence electrons. The monoisotopic (exact) mass is 484 g/mol. The third-order valence-corrected chi connectivity index (χ3v) is 6.65. The molecule has 7 nitrogen and oxygen atoms in total. The van der Waals surface area contributed by atoms with Crippen LogP contribution in [0.3, 0.4) is 0 Å². The Morgan fingerprint density at radius 2 is 1.91 bits per heavy atom. The molecule has 1 aliphatic carbocycles. The molecule has 35 heavy (non-hydrogen) atoms. The Labute approximate surface area is 203 Å². The van der Waals surface area contributed by atoms with Gasteiger partial charge in [0.2, 0.25) is 11.8 Å². The molecule has 0 bridgehead atoms. The first-order chi connectivity index (χ1) is 16.8. The van der Waals surface area contributed by atoms with Crippen LogP contribution >= 0.6 is 0 Å². The number of aromatic hydroxyl groups is 1. The van der Waals surface area contributed by atoms with Crippen molar-refractivity contribution in [1.82, 2.24) is 20.4 Å². The lowest BCUT2D eigenvalue weighted by Crippen LogP contribution is -2.25. The lowest BCUT2D eigenvalue weighted by molar-refractivity contribution is 0.118. The van der Waals surface area contributed by atoms with Gasteiger partial charge in [0.25, 0.3) is 0 Å². The van der Waals surface area contributed by atoms with Gasteiger partial charge in [-0.1, -0.05) is 26.7 Å². The number of hydrogen-bond acceptors (Lipinski definition) is 7. The molecule has 0 spiro atoms. The summed E-state index contributed by atoms with van der Waals surface area (Å²) >= 11 is 0. The summed E-state index contributed by atoms with van der Waals surface area (Å²) in [6.45, 7) is 4.51. The Bertz CT molecular complexity index is 1180. The first kappa shape index (κ1) is 24.8. The van der Waals surface area contributed by atoms with E-state index in [-0.39, 0.29) is 39.8 Å². The van der Waals surface area contributed by atoms with Gasteiger partial charge in [0.05, 0.1) is 18.9 Å². The number of phenols is 1. The van der Waals surface area contributed by atoms with E-state index in [4.69, 9.17) is 9.47 Å². The van der Waals surface area contributed by atoms with E-state index in [2.05, 4.69) is 34.2 Å². The summed E-state index contributed by atoms with van der Waals surface area (Å²) in [5, 5.41) is 26.1. The molecule has 0 aliphatic heterocycles. The van der Waals surface area contributed by atoms with Crippen molar-refractivity contribution in [3.05, 3.63) is 42.1 Å². The summed E-state index contributed by atoms with van der Waals surface area (Å²) in [5.74, 6) is -2.40. The molecule has 0 saturated heterocycles. The SMILES string of the molecule is CCC[C@]1(C)CCCC[C@H](Oc2ccc(-c3c(O)cc(-c4cnnc(OC)c4)c(F)c3F)nn2)C1. The summed E-state index contributed by atoms with van der Waals surface area (Å²) in [6.07, 6.45) is 8.93. The minimum absolute atomic E-state index is 0.0000726. The fourth-order valence-corrected chi connectivity index (χ4v) is 4.96. The van der Waals surface area contributed by atoms with Crippen LogP contribution in [0, 0.1) is 17.0 Å². The van der Waals surface area contributed by atoms with Crippen molar-refractivity contribution in [2.75, 3.05) is 7.11 Å². The van der Waals surface area contributed by atoms with E-state index >= 15 is 4.39 Å². The minimum atomic E-state index is -1.24. The van der Waals surface area contributed by atoms with Gasteiger partial charge in [-0.3, -0.25) is 0 Å². The summed E-state index contributed by atoms with van der Waals surface area (Å²) in [6, 6.07) is 5.57. The number of rotatable bonds is 7. The highest BCUT2D eigenvalue weighted by molar-refractivity contribution is 5.75. The molecule has 2 heterocycles. The molecule has 9 heteroatoms. The number of benzene rings is 1. The highest BCUT2D eigenvalue weighted by atomic mass is 19.2. The first-order valence-electron chi connectivity index (χ1n) is 11.9. The molecule has 2 aromatic heterocycles. The van der Waals surface area contributed by atoms with E-state index in [0.717, 1.165) is 38.2 Å². The van der Waals surface area contributed by atoms with Crippen LogP contribution in [0.2, 0.25) is 0 Å². The number of methoxy groups -OCH3 is 1. The van der Waals surface area contributed by atoms with Crippen LogP contribution in [0.4, 0.5) is 8.78 Å². The van der Waals surface area contributed by atoms with Crippen LogP contribution in [0.5, 0.6) is 17.5 Å². The third-order valence-electron chi connectivity index (χ3n) is 6.65. The van der Waals surface area contributed by atoms with E-state index in [1.165, 1.54) is 38.3 Å². The maximum absolute atomic E-state index is 15.1. The molecular weight excluding hydrogens is 454 g/mol. The smallest absolute Gasteiger partial charge is 0.233 e. The lowest BCUT2D eigenvalue weighted by atomic mass is 9.78. The second-order valence-corrected chi connectivity index (χ2v) is 9.44. The van der Waals surface area contributed by atoms with E-state index in [0.29, 0.717) is 5.88 Å². The normalized spacial score (nSPS) is 20.3. The van der Waals surface area contributed by atoms with Crippen LogP contribution in [-0.2, 0) is 0 Å². The van der Waals surface area contributed by atoms with Gasteiger partial charge in [0.15, 0.2) is 11.6 Å². The van der Waals surface area contributed by atoms with Crippen LogP contribution in [-0.4, -0.2) is 38.7 Å². The average molecular weight is 485 g/mol. The number of halogens is 2. The number of hydrogen-bond donors (Lipinski definition) is 1. The predicted molar refractivity (Wildman–Crippen MR) is 127 cm³/mol. The van der Waals surface area contributed by atoms with Crippen molar-refractivity contribution in [2.24, 2.45) is 5.41 Å². The third kappa shape index (κ3) is 5.49. The quantitative estimate of drug-likeness (QED) is 0.405. The van der Waals surface area contributed by atoms with Crippen LogP contribution in [0.15, 0.2) is 30.5 Å². The van der Waals surface area contributed by atoms with Crippen molar-refractivity contribution in [2.45, 2.75) is 64.9 Å². The molecule has 1 saturated carbocycles. The zero-order chi connectivity index (χ0) is 25.0. The van der Waals surface area contributed by atoms with Gasteiger partial charge in [0.1, 0.15) is 17.5 Å². The molecule has 1 aromatic carbocycles. The summed E-state index contributed by atoms with van der Waals surface area (Å²) in [7, 11) is 1.39. The first-order valence-corrected chi connectivity index (χ1v) is 11.9. The highest BCUT2D eigenvalue weighted by Gasteiger charge is 2.31. The molecule has 2 atom stereocenters. The van der Waals surface area contributed by atoms with Crippen molar-refractivity contribution < 1.29 is 23.4 Å². The van der Waals surface area contributed by atoms with Crippen LogP contribution in [0.1, 0.15) is 58.8 Å². The highest BCUT2D eigenvalue weighted by Crippen LogP contribution is 2.40. The molecule has 0 radical (unpaired) electrons. The van der Waals surface area contributed by atoms with Gasteiger partial charge in [-0.25, -0.2) is 8.78 Å². The molecule has 0 unspecified atom stereocenters. The number of phenolic OH excluding ortho intramolecular Hbond substituents is 1. The second-order valence-electron chi connectivity index (χ2n) is 9.44. The second kappa shape index (κ2) is 10.5. The summed E-state index contributed by atoms with van der Waals surface area (Å²) in [4.78, 5) is 0. The zero-order valence-corrected chi connectivity index (χ0v) is 20.2. The molecular formula is C26H30F2N4O3. The topological polar surface area (TPSA) is 90.2 Å². The van der Waals surface area contributed by atoms with Gasteiger partial charge >= 0.3 is 0 Å². The van der Waals surface area contributed by atoms with Gasteiger partial charge < -0.3 is 14.6 Å². The van der Waals surface area contributed by atoms with E-state index in [1.54, 1.807) is 6.07 Å². The van der Waals surface area contributed by atoms with Gasteiger partial charge in [-0.15, -0.1) is 15.3 Å². The van der Waals surface area contributed by atoms with Gasteiger partial charge in [-0.2, -0.15) is 5.10 Å². The van der Waals surface area contributed by atoms with Crippen molar-refractivity contribution in [1.29, 1.82) is 0 Å². The fraction of sp³-hybridized carbons (Fsp3) is 0.462. The number of nitrogens with zero attached hydrogens (tertiary/aromatic N) is 4. The Morgan fingerprint density at radius 3 is 2.63 bits per heavy atom. The van der Waals surface area contributed by atoms with E-state index in [9.17, 15) is 9.50 Å². The van der Waals surface area contributed by atoms with Crippen molar-refractivity contribution in [3.63, 3.8) is 0 Å². The van der Waals surface area contributed by atoms with E-state index < -0.39 is 17.4 Å². The molecule has 1 fully saturated rings. The largest absolute Gasteiger partial charge is 0.507 e. The van der Waals surface area contributed by atoms with Gasteiger partial charge in [0, 0.05) is 23.3 Å². The van der Waals surface area contributed by atoms with Crippen LogP contribution in [0.25, 0.3) is 22.4 Å². The average Bonchev–Trinajstić information content (AvgIpc) is 3.03. The Kier molecular flexibility index (Phi) is 7.42. The van der Waals surface area contributed by atoms with Crippen molar-refractivity contribution in [3.8, 4) is 39.9 Å². The maximum Gasteiger partial charge on any atom is 0.233 e. The molecule has 4 rings (SSSR count). The molecule has 0 amide bonds. The van der Waals surface area contributed by atoms with Crippen molar-refractivity contribution >= 4 is 0 Å². The Balaban J connectivity index is 1.57. The molecule has 1 N–H and O–H groups in total. The minimum Gasteiger partial charge on any atom is -0.507 e. The zero-order valence-electron chi connectivity index (χ0n) is 20.2. The number of aromatic nitrogens is 4. The summed E-state index contributed by atoms with van der Waals surface area (Å²) in [5.41, 5.74) is -0.0906. The Morgan fingerprint density at radius 1 is 1.09 bits per heavy atom. The fourth-order valence-electron chi connectivity index (χ4n) is 4.96. The predicted octanol–water partition coefficient (Wildman–Crippen LogP) is 6.11. The molecule has 3 aromatic rings. The van der Waals surface area contributed by atoms with Gasteiger partial charge in [-0.05, 0) is 49.7 Å². The number of ether oxygens (including phenoxy) is 2. The Hall–Kier alpha value is -3.36. The standard InChI is InChI=1S/C26H30F2N4O3/c1-4-10-26(2)11-6-5-7-17(14-26)35-21-9-8-19(30-32-21)23-20(33)13-18(24(27)25(23)28)16-12-22(34-3)31-29-15-16/h8-9,12-13,15,17,33H,4-7,10-11,14H2,1-3H3/t17-,26+/m0/s1. The van der Waals surface area contributed by atoms with Crippen LogP contribution < -0.4 is 9.47 Å². The summed E-state index contributed by atoms with van der Waals surface area (Å²) < 4.78 is 41.1. The lowest BCUT2D eigenvalue weighted by Gasteiger charge is -2.30. The van der Waals surface area contributed by atoms with E-state index in [1.807, 2.05) is 0 Å².